The van der Waals surface area contributed by atoms with Gasteiger partial charge in [-0.1, -0.05) is 12.1 Å². The number of halogens is 5. The van der Waals surface area contributed by atoms with Crippen LogP contribution in [0.15, 0.2) is 22.7 Å². The van der Waals surface area contributed by atoms with Crippen LogP contribution in [0.25, 0.3) is 10.9 Å². The number of hydrogen-bond donors (Lipinski definition) is 1. The van der Waals surface area contributed by atoms with Crippen LogP contribution in [0.3, 0.4) is 0 Å². The summed E-state index contributed by atoms with van der Waals surface area (Å²) >= 11 is 2.77. The Morgan fingerprint density at radius 3 is 2.47 bits per heavy atom. The predicted octanol–water partition coefficient (Wildman–Crippen LogP) is 3.85. The Kier molecular flexibility index (Phi) is 3.21. The topological polar surface area (TPSA) is 50.2 Å². The Hall–Kier alpha value is -1.70. The van der Waals surface area contributed by atoms with Gasteiger partial charge in [0.25, 0.3) is 0 Å². The highest BCUT2D eigenvalue weighted by atomic mass is 79.9. The average molecular weight is 338 g/mol. The van der Waals surface area contributed by atoms with E-state index < -0.39 is 34.7 Å². The fourth-order valence-electron chi connectivity index (χ4n) is 1.61. The molecule has 2 aromatic rings. The number of aromatic nitrogens is 1. The zero-order chi connectivity index (χ0) is 14.4. The van der Waals surface area contributed by atoms with Crippen LogP contribution in [0.4, 0.5) is 17.6 Å². The molecule has 0 unspecified atom stereocenters. The number of fused-ring (bicyclic) bond motifs is 1. The Balaban J connectivity index is 2.99. The van der Waals surface area contributed by atoms with Crippen LogP contribution in [0.1, 0.15) is 16.1 Å². The molecule has 1 aromatic heterocycles. The molecule has 0 aliphatic rings. The maximum Gasteiger partial charge on any atom is 0.434 e. The highest BCUT2D eigenvalue weighted by Crippen LogP contribution is 2.37. The summed E-state index contributed by atoms with van der Waals surface area (Å²) in [6.45, 7) is 0. The van der Waals surface area contributed by atoms with Crippen molar-refractivity contribution in [1.29, 1.82) is 0 Å². The van der Waals surface area contributed by atoms with Gasteiger partial charge in [-0.3, -0.25) is 0 Å². The molecule has 0 bridgehead atoms. The molecule has 1 aromatic carbocycles. The normalized spacial score (nSPS) is 11.8. The first-order valence-electron chi connectivity index (χ1n) is 4.81. The van der Waals surface area contributed by atoms with E-state index in [9.17, 15) is 22.4 Å². The van der Waals surface area contributed by atoms with Crippen molar-refractivity contribution in [2.24, 2.45) is 0 Å². The summed E-state index contributed by atoms with van der Waals surface area (Å²) in [6, 6.07) is 3.48. The fraction of sp³-hybridized carbons (Fsp3) is 0.0909. The van der Waals surface area contributed by atoms with E-state index >= 15 is 0 Å². The molecule has 0 saturated heterocycles. The molecule has 1 heterocycles. The first-order valence-corrected chi connectivity index (χ1v) is 5.61. The molecule has 100 valence electrons. The third-order valence-electron chi connectivity index (χ3n) is 2.39. The Bertz CT molecular complexity index is 684. The average Bonchev–Trinajstić information content (AvgIpc) is 2.28. The summed E-state index contributed by atoms with van der Waals surface area (Å²) in [7, 11) is 0. The summed E-state index contributed by atoms with van der Waals surface area (Å²) in [5.74, 6) is -2.75. The number of aromatic carboxylic acids is 1. The van der Waals surface area contributed by atoms with Crippen LogP contribution in [0.2, 0.25) is 0 Å². The lowest BCUT2D eigenvalue weighted by molar-refractivity contribution is -0.141. The van der Waals surface area contributed by atoms with Gasteiger partial charge in [0, 0.05) is 9.86 Å². The van der Waals surface area contributed by atoms with E-state index in [0.29, 0.717) is 0 Å². The molecule has 0 aliphatic heterocycles. The van der Waals surface area contributed by atoms with Gasteiger partial charge >= 0.3 is 12.1 Å². The minimum Gasteiger partial charge on any atom is -0.478 e. The lowest BCUT2D eigenvalue weighted by atomic mass is 10.1. The van der Waals surface area contributed by atoms with Gasteiger partial charge in [0.1, 0.15) is 16.9 Å². The standard InChI is InChI=1S/C11H4BrF4NO2/c12-7-4-2-1-3-5(13)8(4)17-9(11(14,15)16)6(7)10(18)19/h1-3H,(H,18,19). The van der Waals surface area contributed by atoms with Crippen molar-refractivity contribution in [2.75, 3.05) is 0 Å². The van der Waals surface area contributed by atoms with Crippen molar-refractivity contribution in [3.63, 3.8) is 0 Å². The second-order valence-corrected chi connectivity index (χ2v) is 4.38. The van der Waals surface area contributed by atoms with Gasteiger partial charge in [0.15, 0.2) is 5.69 Å². The maximum atomic E-state index is 13.5. The molecule has 0 fully saturated rings. The van der Waals surface area contributed by atoms with Crippen LogP contribution in [-0.4, -0.2) is 16.1 Å². The molecule has 0 atom stereocenters. The third-order valence-corrected chi connectivity index (χ3v) is 3.21. The molecule has 3 nitrogen and oxygen atoms in total. The molecule has 0 spiro atoms. The Labute approximate surface area is 112 Å². The van der Waals surface area contributed by atoms with Crippen LogP contribution < -0.4 is 0 Å². The summed E-state index contributed by atoms with van der Waals surface area (Å²) in [4.78, 5) is 14.1. The second kappa shape index (κ2) is 4.44. The first-order chi connectivity index (χ1) is 8.73. The zero-order valence-electron chi connectivity index (χ0n) is 8.92. The summed E-state index contributed by atoms with van der Waals surface area (Å²) in [5.41, 5.74) is -3.21. The van der Waals surface area contributed by atoms with Gasteiger partial charge in [-0.2, -0.15) is 13.2 Å². The number of para-hydroxylation sites is 1. The van der Waals surface area contributed by atoms with Gasteiger partial charge < -0.3 is 5.11 Å². The lowest BCUT2D eigenvalue weighted by Gasteiger charge is -2.13. The third kappa shape index (κ3) is 2.27. The monoisotopic (exact) mass is 337 g/mol. The van der Waals surface area contributed by atoms with E-state index in [0.717, 1.165) is 6.07 Å². The van der Waals surface area contributed by atoms with Crippen molar-refractivity contribution in [1.82, 2.24) is 4.98 Å². The fourth-order valence-corrected chi connectivity index (χ4v) is 2.29. The summed E-state index contributed by atoms with van der Waals surface area (Å²) in [6.07, 6.45) is -4.99. The SMILES string of the molecule is O=C(O)c1c(C(F)(F)F)nc2c(F)cccc2c1Br. The Morgan fingerprint density at radius 1 is 1.32 bits per heavy atom. The molecule has 0 saturated carbocycles. The Morgan fingerprint density at radius 2 is 1.95 bits per heavy atom. The molecular weight excluding hydrogens is 334 g/mol. The molecular formula is C11H4BrF4NO2. The van der Waals surface area contributed by atoms with Crippen LogP contribution in [0, 0.1) is 5.82 Å². The minimum absolute atomic E-state index is 0.0367. The molecule has 2 rings (SSSR count). The molecule has 1 N–H and O–H groups in total. The van der Waals surface area contributed by atoms with E-state index in [1.165, 1.54) is 12.1 Å². The lowest BCUT2D eigenvalue weighted by Crippen LogP contribution is -2.16. The number of benzene rings is 1. The smallest absolute Gasteiger partial charge is 0.434 e. The van der Waals surface area contributed by atoms with Crippen molar-refractivity contribution in [3.05, 3.63) is 39.7 Å². The van der Waals surface area contributed by atoms with Crippen molar-refractivity contribution in [3.8, 4) is 0 Å². The molecule has 8 heteroatoms. The van der Waals surface area contributed by atoms with Crippen molar-refractivity contribution < 1.29 is 27.5 Å². The minimum atomic E-state index is -4.99. The number of carboxylic acid groups (broad SMARTS) is 1. The number of pyridine rings is 1. The molecule has 0 amide bonds. The highest BCUT2D eigenvalue weighted by Gasteiger charge is 2.39. The van der Waals surface area contributed by atoms with Gasteiger partial charge in [-0.05, 0) is 22.0 Å². The molecule has 0 radical (unpaired) electrons. The van der Waals surface area contributed by atoms with Gasteiger partial charge in [0.2, 0.25) is 0 Å². The number of alkyl halides is 3. The number of carbonyl (C=O) groups is 1. The number of hydrogen-bond acceptors (Lipinski definition) is 2. The number of rotatable bonds is 1. The van der Waals surface area contributed by atoms with Crippen molar-refractivity contribution in [2.45, 2.75) is 6.18 Å². The van der Waals surface area contributed by atoms with Crippen LogP contribution in [0.5, 0.6) is 0 Å². The molecule has 0 aliphatic carbocycles. The van der Waals surface area contributed by atoms with E-state index in [1.807, 2.05) is 0 Å². The largest absolute Gasteiger partial charge is 0.478 e. The van der Waals surface area contributed by atoms with Crippen LogP contribution in [-0.2, 0) is 6.18 Å². The van der Waals surface area contributed by atoms with E-state index in [2.05, 4.69) is 20.9 Å². The summed E-state index contributed by atoms with van der Waals surface area (Å²) in [5, 5.41) is 8.84. The van der Waals surface area contributed by atoms with E-state index in [1.54, 1.807) is 0 Å². The van der Waals surface area contributed by atoms with E-state index in [4.69, 9.17) is 5.11 Å². The van der Waals surface area contributed by atoms with Crippen LogP contribution >= 0.6 is 15.9 Å². The van der Waals surface area contributed by atoms with E-state index in [-0.39, 0.29) is 9.86 Å². The predicted molar refractivity (Wildman–Crippen MR) is 61.4 cm³/mol. The van der Waals surface area contributed by atoms with Gasteiger partial charge in [0.05, 0.1) is 0 Å². The first kappa shape index (κ1) is 13.7. The summed E-state index contributed by atoms with van der Waals surface area (Å²) < 4.78 is 51.5. The number of carboxylic acids is 1. The van der Waals surface area contributed by atoms with Gasteiger partial charge in [-0.25, -0.2) is 14.2 Å². The molecule has 19 heavy (non-hydrogen) atoms. The quantitative estimate of drug-likeness (QED) is 0.804. The van der Waals surface area contributed by atoms with Gasteiger partial charge in [-0.15, -0.1) is 0 Å². The van der Waals surface area contributed by atoms with Crippen molar-refractivity contribution >= 4 is 32.8 Å². The second-order valence-electron chi connectivity index (χ2n) is 3.59. The number of nitrogens with zero attached hydrogens (tertiary/aromatic N) is 1. The highest BCUT2D eigenvalue weighted by molar-refractivity contribution is 9.10. The zero-order valence-corrected chi connectivity index (χ0v) is 10.5. The maximum absolute atomic E-state index is 13.5.